The first kappa shape index (κ1) is 11.7. The number of rotatable bonds is 4. The van der Waals surface area contributed by atoms with Crippen molar-refractivity contribution in [1.82, 2.24) is 15.3 Å². The Hall–Kier alpha value is -1.75. The van der Waals surface area contributed by atoms with E-state index in [0.717, 1.165) is 30.7 Å². The van der Waals surface area contributed by atoms with Gasteiger partial charge >= 0.3 is 0 Å². The molecule has 0 spiro atoms. The van der Waals surface area contributed by atoms with Crippen LogP contribution in [0.3, 0.4) is 0 Å². The summed E-state index contributed by atoms with van der Waals surface area (Å²) < 4.78 is 0. The highest BCUT2D eigenvalue weighted by Crippen LogP contribution is 2.23. The van der Waals surface area contributed by atoms with E-state index < -0.39 is 0 Å². The largest absolute Gasteiger partial charge is 0.309 e. The molecule has 5 nitrogen and oxygen atoms in total. The number of aromatic nitrogens is 2. The van der Waals surface area contributed by atoms with Crippen molar-refractivity contribution < 1.29 is 0 Å². The van der Waals surface area contributed by atoms with Crippen LogP contribution in [0.4, 0.5) is 5.95 Å². The summed E-state index contributed by atoms with van der Waals surface area (Å²) in [6.45, 7) is 6.62. The SMILES string of the molecule is C=CN(C=N)c1nc(C)cc(C2CCCN2)n1. The molecule has 0 amide bonds. The zero-order chi connectivity index (χ0) is 12.3. The van der Waals surface area contributed by atoms with Crippen LogP contribution in [0.15, 0.2) is 18.8 Å². The fourth-order valence-electron chi connectivity index (χ4n) is 2.00. The second kappa shape index (κ2) is 5.05. The predicted octanol–water partition coefficient (Wildman–Crippen LogP) is 1.77. The lowest BCUT2D eigenvalue weighted by molar-refractivity contribution is 0.625. The number of hydrogen-bond acceptors (Lipinski definition) is 4. The topological polar surface area (TPSA) is 64.9 Å². The molecule has 2 rings (SSSR count). The lowest BCUT2D eigenvalue weighted by Crippen LogP contribution is -2.19. The molecule has 5 heteroatoms. The molecule has 17 heavy (non-hydrogen) atoms. The van der Waals surface area contributed by atoms with Gasteiger partial charge in [0.25, 0.3) is 0 Å². The molecule has 2 heterocycles. The highest BCUT2D eigenvalue weighted by Gasteiger charge is 2.19. The van der Waals surface area contributed by atoms with Crippen LogP contribution in [-0.2, 0) is 0 Å². The van der Waals surface area contributed by atoms with Crippen LogP contribution in [0, 0.1) is 12.3 Å². The molecule has 1 fully saturated rings. The number of hydrogen-bond donors (Lipinski definition) is 2. The van der Waals surface area contributed by atoms with E-state index in [-0.39, 0.29) is 0 Å². The maximum absolute atomic E-state index is 7.28. The smallest absolute Gasteiger partial charge is 0.235 e. The Kier molecular flexibility index (Phi) is 3.49. The Morgan fingerprint density at radius 2 is 2.41 bits per heavy atom. The van der Waals surface area contributed by atoms with Gasteiger partial charge in [-0.3, -0.25) is 10.3 Å². The highest BCUT2D eigenvalue weighted by molar-refractivity contribution is 5.75. The van der Waals surface area contributed by atoms with Crippen molar-refractivity contribution in [3.8, 4) is 0 Å². The first-order chi connectivity index (χ1) is 8.24. The number of anilines is 1. The van der Waals surface area contributed by atoms with E-state index >= 15 is 0 Å². The summed E-state index contributed by atoms with van der Waals surface area (Å²) >= 11 is 0. The minimum Gasteiger partial charge on any atom is -0.309 e. The molecule has 1 aromatic heterocycles. The predicted molar refractivity (Wildman–Crippen MR) is 68.2 cm³/mol. The molecule has 1 saturated heterocycles. The van der Waals surface area contributed by atoms with E-state index in [4.69, 9.17) is 5.41 Å². The molecule has 1 unspecified atom stereocenters. The molecule has 1 aliphatic rings. The standard InChI is InChI=1S/C12H17N5/c1-3-17(8-13)12-15-9(2)7-11(16-12)10-5-4-6-14-10/h3,7-8,10,13-14H,1,4-6H2,2H3. The van der Waals surface area contributed by atoms with E-state index in [1.807, 2.05) is 13.0 Å². The molecule has 0 radical (unpaired) electrons. The molecule has 0 aliphatic carbocycles. The summed E-state index contributed by atoms with van der Waals surface area (Å²) in [6, 6.07) is 2.31. The molecule has 0 aromatic carbocycles. The van der Waals surface area contributed by atoms with Gasteiger partial charge in [0.1, 0.15) is 0 Å². The molecule has 1 aromatic rings. The fraction of sp³-hybridized carbons (Fsp3) is 0.417. The summed E-state index contributed by atoms with van der Waals surface area (Å²) in [5.74, 6) is 0.513. The van der Waals surface area contributed by atoms with E-state index in [2.05, 4.69) is 21.9 Å². The van der Waals surface area contributed by atoms with E-state index in [1.165, 1.54) is 17.5 Å². The summed E-state index contributed by atoms with van der Waals surface area (Å²) in [5.41, 5.74) is 1.91. The summed E-state index contributed by atoms with van der Waals surface area (Å²) in [6.07, 6.45) is 4.98. The van der Waals surface area contributed by atoms with E-state index in [9.17, 15) is 0 Å². The van der Waals surface area contributed by atoms with Crippen molar-refractivity contribution in [2.24, 2.45) is 0 Å². The molecule has 0 bridgehead atoms. The van der Waals surface area contributed by atoms with Crippen LogP contribution in [0.5, 0.6) is 0 Å². The van der Waals surface area contributed by atoms with Gasteiger partial charge in [-0.2, -0.15) is 0 Å². The van der Waals surface area contributed by atoms with Gasteiger partial charge < -0.3 is 5.32 Å². The van der Waals surface area contributed by atoms with E-state index in [1.54, 1.807) is 0 Å². The Bertz CT molecular complexity index is 415. The van der Waals surface area contributed by atoms with Crippen molar-refractivity contribution in [3.05, 3.63) is 30.2 Å². The minimum absolute atomic E-state index is 0.313. The van der Waals surface area contributed by atoms with Gasteiger partial charge in [0.2, 0.25) is 5.95 Å². The van der Waals surface area contributed by atoms with Crippen molar-refractivity contribution in [3.63, 3.8) is 0 Å². The van der Waals surface area contributed by atoms with Gasteiger partial charge in [-0.15, -0.1) is 0 Å². The number of nitrogens with one attached hydrogen (secondary N) is 2. The van der Waals surface area contributed by atoms with Crippen molar-refractivity contribution in [2.45, 2.75) is 25.8 Å². The second-order valence-electron chi connectivity index (χ2n) is 4.10. The lowest BCUT2D eigenvalue weighted by atomic mass is 10.1. The van der Waals surface area contributed by atoms with E-state index in [0.29, 0.717) is 12.0 Å². The average molecular weight is 231 g/mol. The molecule has 0 saturated carbocycles. The molecule has 1 atom stereocenters. The maximum atomic E-state index is 7.28. The number of nitrogens with zero attached hydrogens (tertiary/aromatic N) is 3. The average Bonchev–Trinajstić information content (AvgIpc) is 2.83. The van der Waals surface area contributed by atoms with Gasteiger partial charge in [0.15, 0.2) is 0 Å². The first-order valence-electron chi connectivity index (χ1n) is 5.75. The van der Waals surface area contributed by atoms with Crippen LogP contribution in [0.2, 0.25) is 0 Å². The fourth-order valence-corrected chi connectivity index (χ4v) is 2.00. The second-order valence-corrected chi connectivity index (χ2v) is 4.10. The maximum Gasteiger partial charge on any atom is 0.235 e. The van der Waals surface area contributed by atoms with Crippen LogP contribution in [-0.4, -0.2) is 22.9 Å². The normalized spacial score (nSPS) is 19.0. The molecule has 1 aliphatic heterocycles. The third kappa shape index (κ3) is 2.50. The van der Waals surface area contributed by atoms with Crippen LogP contribution in [0.1, 0.15) is 30.3 Å². The molecule has 90 valence electrons. The molecular weight excluding hydrogens is 214 g/mol. The zero-order valence-electron chi connectivity index (χ0n) is 9.98. The molecular formula is C12H17N5. The minimum atomic E-state index is 0.313. The van der Waals surface area contributed by atoms with Crippen molar-refractivity contribution >= 4 is 12.3 Å². The van der Waals surface area contributed by atoms with Crippen molar-refractivity contribution in [1.29, 1.82) is 5.41 Å². The Balaban J connectivity index is 2.34. The summed E-state index contributed by atoms with van der Waals surface area (Å²) in [5, 5.41) is 10.7. The van der Waals surface area contributed by atoms with Gasteiger partial charge in [-0.05, 0) is 32.4 Å². The first-order valence-corrected chi connectivity index (χ1v) is 5.75. The zero-order valence-corrected chi connectivity index (χ0v) is 9.98. The third-order valence-corrected chi connectivity index (χ3v) is 2.85. The Morgan fingerprint density at radius 1 is 1.59 bits per heavy atom. The summed E-state index contributed by atoms with van der Waals surface area (Å²) in [7, 11) is 0. The lowest BCUT2D eigenvalue weighted by Gasteiger charge is -2.15. The Labute approximate surface area is 101 Å². The van der Waals surface area contributed by atoms with Crippen LogP contribution >= 0.6 is 0 Å². The quantitative estimate of drug-likeness (QED) is 0.612. The molecule has 2 N–H and O–H groups in total. The highest BCUT2D eigenvalue weighted by atomic mass is 15.2. The monoisotopic (exact) mass is 231 g/mol. The third-order valence-electron chi connectivity index (χ3n) is 2.85. The van der Waals surface area contributed by atoms with Crippen molar-refractivity contribution in [2.75, 3.05) is 11.4 Å². The van der Waals surface area contributed by atoms with Gasteiger partial charge in [0.05, 0.1) is 12.0 Å². The van der Waals surface area contributed by atoms with Crippen LogP contribution < -0.4 is 10.2 Å². The Morgan fingerprint density at radius 3 is 3.00 bits per heavy atom. The van der Waals surface area contributed by atoms with Crippen LogP contribution in [0.25, 0.3) is 0 Å². The number of aryl methyl sites for hydroxylation is 1. The summed E-state index contributed by atoms with van der Waals surface area (Å²) in [4.78, 5) is 10.3. The van der Waals surface area contributed by atoms with Gasteiger partial charge in [0, 0.05) is 17.9 Å². The van der Waals surface area contributed by atoms with Gasteiger partial charge in [-0.1, -0.05) is 6.58 Å². The van der Waals surface area contributed by atoms with Gasteiger partial charge in [-0.25, -0.2) is 9.97 Å².